The first-order valence-corrected chi connectivity index (χ1v) is 10.6. The average Bonchev–Trinajstić information content (AvgIpc) is 3.00. The summed E-state index contributed by atoms with van der Waals surface area (Å²) in [6, 6.07) is 7.48. The largest absolute Gasteiger partial charge is 0.486 e. The van der Waals surface area contributed by atoms with Crippen LogP contribution in [0.25, 0.3) is 0 Å². The maximum Gasteiger partial charge on any atom is 0.233 e. The molecule has 0 unspecified atom stereocenters. The minimum atomic E-state index is -0.244. The van der Waals surface area contributed by atoms with Gasteiger partial charge in [0, 0.05) is 19.5 Å². The summed E-state index contributed by atoms with van der Waals surface area (Å²) in [5, 5.41) is 0. The molecule has 1 aliphatic carbocycles. The van der Waals surface area contributed by atoms with E-state index in [1.807, 2.05) is 31.2 Å². The van der Waals surface area contributed by atoms with Gasteiger partial charge in [-0.2, -0.15) is 0 Å². The van der Waals surface area contributed by atoms with Crippen LogP contribution in [0.5, 0.6) is 11.5 Å². The smallest absolute Gasteiger partial charge is 0.233 e. The number of para-hydroxylation sites is 2. The van der Waals surface area contributed by atoms with Crippen LogP contribution in [0.1, 0.15) is 39.0 Å². The van der Waals surface area contributed by atoms with Gasteiger partial charge in [0.15, 0.2) is 17.6 Å². The third-order valence-corrected chi connectivity index (χ3v) is 6.21. The van der Waals surface area contributed by atoms with Gasteiger partial charge in [-0.3, -0.25) is 19.3 Å². The van der Waals surface area contributed by atoms with Crippen molar-refractivity contribution in [2.75, 3.05) is 26.2 Å². The van der Waals surface area contributed by atoms with E-state index >= 15 is 0 Å². The molecule has 4 rings (SSSR count). The minimum absolute atomic E-state index is 0.0783. The molecule has 0 N–H and O–H groups in total. The molecule has 0 radical (unpaired) electrons. The lowest BCUT2D eigenvalue weighted by Gasteiger charge is -2.31. The maximum absolute atomic E-state index is 12.8. The molecule has 0 spiro atoms. The fourth-order valence-corrected chi connectivity index (χ4v) is 4.62. The number of fused-ring (bicyclic) bond motifs is 2. The van der Waals surface area contributed by atoms with Gasteiger partial charge in [-0.1, -0.05) is 25.0 Å². The summed E-state index contributed by atoms with van der Waals surface area (Å²) >= 11 is 0. The number of hydrogen-bond donors (Lipinski definition) is 0. The molecule has 1 saturated heterocycles. The van der Waals surface area contributed by atoms with Crippen molar-refractivity contribution in [1.82, 2.24) is 9.80 Å². The number of carbonyl (C=O) groups is 3. The van der Waals surface area contributed by atoms with Gasteiger partial charge in [0.25, 0.3) is 0 Å². The Labute approximate surface area is 170 Å². The monoisotopic (exact) mass is 400 g/mol. The highest BCUT2D eigenvalue weighted by Gasteiger charge is 2.47. The molecule has 2 heterocycles. The number of likely N-dealkylation sites (tertiary alicyclic amines) is 1. The summed E-state index contributed by atoms with van der Waals surface area (Å²) in [4.78, 5) is 40.9. The second kappa shape index (κ2) is 8.43. The zero-order valence-corrected chi connectivity index (χ0v) is 16.8. The van der Waals surface area contributed by atoms with Gasteiger partial charge in [0.1, 0.15) is 6.61 Å². The van der Waals surface area contributed by atoms with Gasteiger partial charge >= 0.3 is 0 Å². The molecule has 0 bridgehead atoms. The van der Waals surface area contributed by atoms with Crippen LogP contribution in [0.15, 0.2) is 24.3 Å². The molecule has 156 valence electrons. The van der Waals surface area contributed by atoms with E-state index in [0.29, 0.717) is 31.2 Å². The zero-order chi connectivity index (χ0) is 20.4. The van der Waals surface area contributed by atoms with Gasteiger partial charge in [-0.25, -0.2) is 0 Å². The predicted octanol–water partition coefficient (Wildman–Crippen LogP) is 2.24. The third kappa shape index (κ3) is 3.95. The Kier molecular flexibility index (Phi) is 5.74. The Balaban J connectivity index is 1.31. The lowest BCUT2D eigenvalue weighted by Crippen LogP contribution is -2.44. The second-order valence-corrected chi connectivity index (χ2v) is 8.01. The third-order valence-electron chi connectivity index (χ3n) is 6.21. The number of carbonyl (C=O) groups excluding carboxylic acids is 3. The summed E-state index contributed by atoms with van der Waals surface area (Å²) in [5.74, 6) is 0.814. The Hall–Kier alpha value is -2.57. The number of amides is 3. The first-order chi connectivity index (χ1) is 14.1. The highest BCUT2D eigenvalue weighted by atomic mass is 16.6. The van der Waals surface area contributed by atoms with Gasteiger partial charge in [-0.05, 0) is 31.9 Å². The molecule has 1 saturated carbocycles. The highest BCUT2D eigenvalue weighted by molar-refractivity contribution is 6.05. The molecule has 1 aromatic carbocycles. The van der Waals surface area contributed by atoms with E-state index in [0.717, 1.165) is 25.7 Å². The molecule has 3 atom stereocenters. The predicted molar refractivity (Wildman–Crippen MR) is 105 cm³/mol. The van der Waals surface area contributed by atoms with Gasteiger partial charge in [0.05, 0.1) is 18.4 Å². The van der Waals surface area contributed by atoms with Crippen molar-refractivity contribution in [3.05, 3.63) is 24.3 Å². The van der Waals surface area contributed by atoms with E-state index < -0.39 is 0 Å². The van der Waals surface area contributed by atoms with Crippen LogP contribution in [-0.2, 0) is 14.4 Å². The molecule has 29 heavy (non-hydrogen) atoms. The molecule has 2 fully saturated rings. The second-order valence-electron chi connectivity index (χ2n) is 8.01. The van der Waals surface area contributed by atoms with Crippen molar-refractivity contribution in [1.29, 1.82) is 0 Å². The lowest BCUT2D eigenvalue weighted by molar-refractivity contribution is -0.141. The van der Waals surface area contributed by atoms with Gasteiger partial charge in [0.2, 0.25) is 17.7 Å². The Morgan fingerprint density at radius 2 is 1.76 bits per heavy atom. The first-order valence-electron chi connectivity index (χ1n) is 10.6. The van der Waals surface area contributed by atoms with Crippen LogP contribution in [0.4, 0.5) is 0 Å². The molecule has 7 heteroatoms. The van der Waals surface area contributed by atoms with Gasteiger partial charge < -0.3 is 14.4 Å². The van der Waals surface area contributed by atoms with Crippen molar-refractivity contribution in [2.24, 2.45) is 11.8 Å². The number of rotatable bonds is 6. The van der Waals surface area contributed by atoms with Crippen LogP contribution in [0.2, 0.25) is 0 Å². The van der Waals surface area contributed by atoms with Crippen LogP contribution < -0.4 is 9.47 Å². The minimum Gasteiger partial charge on any atom is -0.486 e. The molecule has 7 nitrogen and oxygen atoms in total. The summed E-state index contributed by atoms with van der Waals surface area (Å²) in [6.07, 6.45) is 3.50. The Bertz CT molecular complexity index is 771. The van der Waals surface area contributed by atoms with Crippen molar-refractivity contribution in [3.8, 4) is 11.5 Å². The van der Waals surface area contributed by atoms with E-state index in [4.69, 9.17) is 9.47 Å². The molecular weight excluding hydrogens is 372 g/mol. The van der Waals surface area contributed by atoms with Crippen molar-refractivity contribution < 1.29 is 23.9 Å². The van der Waals surface area contributed by atoms with E-state index in [2.05, 4.69) is 0 Å². The van der Waals surface area contributed by atoms with E-state index in [1.54, 1.807) is 4.90 Å². The molecule has 3 aliphatic rings. The summed E-state index contributed by atoms with van der Waals surface area (Å²) < 4.78 is 11.7. The molecular formula is C22H28N2O5. The number of hydrogen-bond acceptors (Lipinski definition) is 5. The number of likely N-dealkylation sites (N-methyl/N-ethyl adjacent to an activating group) is 1. The summed E-state index contributed by atoms with van der Waals surface area (Å²) in [6.45, 7) is 3.42. The standard InChI is InChI=1S/C22H28N2O5/c1-2-23(13-15-14-28-18-9-5-6-10-19(18)29-15)20(25)11-12-24-21(26)16-7-3-4-8-17(16)22(24)27/h5-6,9-10,15-17H,2-4,7-8,11-14H2,1H3/t15-,16-,17-/m1/s1. The van der Waals surface area contributed by atoms with Gasteiger partial charge in [-0.15, -0.1) is 0 Å². The van der Waals surface area contributed by atoms with Crippen molar-refractivity contribution in [2.45, 2.75) is 45.1 Å². The number of nitrogens with zero attached hydrogens (tertiary/aromatic N) is 2. The van der Waals surface area contributed by atoms with E-state index in [1.165, 1.54) is 4.90 Å². The maximum atomic E-state index is 12.8. The molecule has 3 amide bonds. The highest BCUT2D eigenvalue weighted by Crippen LogP contribution is 2.38. The van der Waals surface area contributed by atoms with E-state index in [9.17, 15) is 14.4 Å². The first kappa shape index (κ1) is 19.7. The molecule has 1 aromatic rings. The van der Waals surface area contributed by atoms with E-state index in [-0.39, 0.29) is 48.6 Å². The quantitative estimate of drug-likeness (QED) is 0.685. The van der Waals surface area contributed by atoms with Crippen LogP contribution >= 0.6 is 0 Å². The van der Waals surface area contributed by atoms with Crippen molar-refractivity contribution in [3.63, 3.8) is 0 Å². The SMILES string of the molecule is CCN(C[C@@H]1COc2ccccc2O1)C(=O)CCN1C(=O)[C@@H]2CCCC[C@H]2C1=O. The Morgan fingerprint density at radius 1 is 1.10 bits per heavy atom. The van der Waals surface area contributed by atoms with Crippen LogP contribution in [0.3, 0.4) is 0 Å². The van der Waals surface area contributed by atoms with Crippen LogP contribution in [-0.4, -0.2) is 59.9 Å². The summed E-state index contributed by atoms with van der Waals surface area (Å²) in [7, 11) is 0. The fraction of sp³-hybridized carbons (Fsp3) is 0.591. The number of ether oxygens (including phenoxy) is 2. The summed E-state index contributed by atoms with van der Waals surface area (Å²) in [5.41, 5.74) is 0. The molecule has 0 aromatic heterocycles. The number of benzene rings is 1. The fourth-order valence-electron chi connectivity index (χ4n) is 4.62. The zero-order valence-electron chi connectivity index (χ0n) is 16.8. The van der Waals surface area contributed by atoms with Crippen molar-refractivity contribution >= 4 is 17.7 Å². The molecule has 2 aliphatic heterocycles. The number of imide groups is 1. The normalized spacial score (nSPS) is 25.7. The topological polar surface area (TPSA) is 76.2 Å². The average molecular weight is 400 g/mol. The lowest BCUT2D eigenvalue weighted by atomic mass is 9.81. The van der Waals surface area contributed by atoms with Crippen LogP contribution in [0, 0.1) is 11.8 Å². The Morgan fingerprint density at radius 3 is 2.41 bits per heavy atom.